The SMILES string of the molecule is C[C@@H]1CS(=O)(=O)N(c2cccc(C(=O)Nc3ccc(F)cc3)c2)C1=O. The van der Waals surface area contributed by atoms with Crippen molar-refractivity contribution in [2.75, 3.05) is 15.4 Å². The van der Waals surface area contributed by atoms with Crippen LogP contribution in [0, 0.1) is 11.7 Å². The number of carbonyl (C=O) groups is 2. The summed E-state index contributed by atoms with van der Waals surface area (Å²) >= 11 is 0. The highest BCUT2D eigenvalue weighted by atomic mass is 32.2. The number of amides is 2. The van der Waals surface area contributed by atoms with Gasteiger partial charge in [0.2, 0.25) is 15.9 Å². The van der Waals surface area contributed by atoms with Gasteiger partial charge in [0, 0.05) is 11.3 Å². The largest absolute Gasteiger partial charge is 0.322 e. The first kappa shape index (κ1) is 17.1. The molecule has 0 spiro atoms. The molecule has 130 valence electrons. The lowest BCUT2D eigenvalue weighted by molar-refractivity contribution is -0.119. The monoisotopic (exact) mass is 362 g/mol. The zero-order valence-corrected chi connectivity index (χ0v) is 14.1. The van der Waals surface area contributed by atoms with E-state index >= 15 is 0 Å². The van der Waals surface area contributed by atoms with Crippen LogP contribution < -0.4 is 9.62 Å². The fraction of sp³-hybridized carbons (Fsp3) is 0.176. The van der Waals surface area contributed by atoms with Crippen molar-refractivity contribution in [2.24, 2.45) is 5.92 Å². The van der Waals surface area contributed by atoms with Gasteiger partial charge in [-0.1, -0.05) is 13.0 Å². The van der Waals surface area contributed by atoms with Gasteiger partial charge in [0.25, 0.3) is 5.91 Å². The van der Waals surface area contributed by atoms with Gasteiger partial charge in [-0.3, -0.25) is 9.59 Å². The third-order valence-corrected chi connectivity index (χ3v) is 5.67. The Morgan fingerprint density at radius 1 is 1.20 bits per heavy atom. The number of nitrogens with one attached hydrogen (secondary N) is 1. The number of anilines is 2. The summed E-state index contributed by atoms with van der Waals surface area (Å²) < 4.78 is 38.0. The number of benzene rings is 2. The van der Waals surface area contributed by atoms with Crippen molar-refractivity contribution < 1.29 is 22.4 Å². The number of halogens is 1. The lowest BCUT2D eigenvalue weighted by atomic mass is 10.1. The maximum atomic E-state index is 12.9. The van der Waals surface area contributed by atoms with E-state index < -0.39 is 33.6 Å². The molecule has 1 aliphatic rings. The van der Waals surface area contributed by atoms with Gasteiger partial charge < -0.3 is 5.32 Å². The van der Waals surface area contributed by atoms with Gasteiger partial charge >= 0.3 is 0 Å². The molecular formula is C17H15FN2O4S. The average molecular weight is 362 g/mol. The Bertz CT molecular complexity index is 941. The highest BCUT2D eigenvalue weighted by Crippen LogP contribution is 2.28. The van der Waals surface area contributed by atoms with E-state index in [4.69, 9.17) is 0 Å². The lowest BCUT2D eigenvalue weighted by Gasteiger charge is -2.16. The predicted octanol–water partition coefficient (Wildman–Crippen LogP) is 2.39. The number of sulfonamides is 1. The van der Waals surface area contributed by atoms with Crippen molar-refractivity contribution in [3.63, 3.8) is 0 Å². The van der Waals surface area contributed by atoms with Gasteiger partial charge in [-0.25, -0.2) is 17.1 Å². The van der Waals surface area contributed by atoms with E-state index in [1.807, 2.05) is 0 Å². The number of carbonyl (C=O) groups excluding carboxylic acids is 2. The minimum absolute atomic E-state index is 0.126. The molecule has 1 N–H and O–H groups in total. The van der Waals surface area contributed by atoms with Crippen molar-refractivity contribution in [2.45, 2.75) is 6.92 Å². The molecule has 1 fully saturated rings. The molecule has 0 aliphatic carbocycles. The van der Waals surface area contributed by atoms with E-state index in [1.54, 1.807) is 6.92 Å². The van der Waals surface area contributed by atoms with Gasteiger partial charge in [-0.2, -0.15) is 0 Å². The lowest BCUT2D eigenvalue weighted by Crippen LogP contribution is -2.30. The summed E-state index contributed by atoms with van der Waals surface area (Å²) in [5, 5.41) is 2.59. The standard InChI is InChI=1S/C17H15FN2O4S/c1-11-10-25(23,24)20(17(11)22)15-4-2-3-12(9-15)16(21)19-14-7-5-13(18)6-8-14/h2-9,11H,10H2,1H3,(H,19,21)/t11-/m1/s1. The molecule has 2 amide bonds. The predicted molar refractivity (Wildman–Crippen MR) is 91.2 cm³/mol. The van der Waals surface area contributed by atoms with Gasteiger partial charge in [-0.15, -0.1) is 0 Å². The zero-order valence-electron chi connectivity index (χ0n) is 13.3. The highest BCUT2D eigenvalue weighted by Gasteiger charge is 2.42. The van der Waals surface area contributed by atoms with E-state index in [9.17, 15) is 22.4 Å². The third-order valence-electron chi connectivity index (χ3n) is 3.81. The number of hydrogen-bond donors (Lipinski definition) is 1. The van der Waals surface area contributed by atoms with Gasteiger partial charge in [0.05, 0.1) is 17.4 Å². The van der Waals surface area contributed by atoms with E-state index in [1.165, 1.54) is 48.5 Å². The summed E-state index contributed by atoms with van der Waals surface area (Å²) in [7, 11) is -3.73. The van der Waals surface area contributed by atoms with Crippen LogP contribution >= 0.6 is 0 Å². The second-order valence-electron chi connectivity index (χ2n) is 5.79. The smallest absolute Gasteiger partial charge is 0.255 e. The molecule has 0 radical (unpaired) electrons. The molecule has 1 saturated heterocycles. The van der Waals surface area contributed by atoms with Crippen LogP contribution in [0.1, 0.15) is 17.3 Å². The maximum absolute atomic E-state index is 12.9. The van der Waals surface area contributed by atoms with Gasteiger partial charge in [0.1, 0.15) is 5.82 Å². The van der Waals surface area contributed by atoms with E-state index in [-0.39, 0.29) is 17.0 Å². The first-order chi connectivity index (χ1) is 11.8. The minimum atomic E-state index is -3.73. The van der Waals surface area contributed by atoms with Crippen molar-refractivity contribution in [3.05, 3.63) is 59.9 Å². The third kappa shape index (κ3) is 3.39. The second kappa shape index (κ2) is 6.29. The summed E-state index contributed by atoms with van der Waals surface area (Å²) in [6.07, 6.45) is 0. The Morgan fingerprint density at radius 3 is 2.48 bits per heavy atom. The summed E-state index contributed by atoms with van der Waals surface area (Å²) in [4.78, 5) is 24.5. The van der Waals surface area contributed by atoms with Crippen molar-refractivity contribution in [3.8, 4) is 0 Å². The summed E-state index contributed by atoms with van der Waals surface area (Å²) in [6, 6.07) is 11.0. The van der Waals surface area contributed by atoms with Crippen LogP contribution in [0.3, 0.4) is 0 Å². The molecule has 25 heavy (non-hydrogen) atoms. The average Bonchev–Trinajstić information content (AvgIpc) is 2.77. The first-order valence-corrected chi connectivity index (χ1v) is 9.13. The molecule has 1 heterocycles. The van der Waals surface area contributed by atoms with Crippen LogP contribution in [0.4, 0.5) is 15.8 Å². The van der Waals surface area contributed by atoms with Crippen LogP contribution in [0.15, 0.2) is 48.5 Å². The number of nitrogens with zero attached hydrogens (tertiary/aromatic N) is 1. The quantitative estimate of drug-likeness (QED) is 0.909. The van der Waals surface area contributed by atoms with E-state index in [2.05, 4.69) is 5.32 Å². The van der Waals surface area contributed by atoms with Crippen molar-refractivity contribution in [1.29, 1.82) is 0 Å². The molecular weight excluding hydrogens is 347 g/mol. The molecule has 1 aliphatic heterocycles. The molecule has 0 bridgehead atoms. The van der Waals surface area contributed by atoms with Gasteiger partial charge in [0.15, 0.2) is 0 Å². The molecule has 3 rings (SSSR count). The molecule has 2 aromatic carbocycles. The molecule has 0 unspecified atom stereocenters. The molecule has 6 nitrogen and oxygen atoms in total. The van der Waals surface area contributed by atoms with Crippen LogP contribution in [0.2, 0.25) is 0 Å². The first-order valence-electron chi connectivity index (χ1n) is 7.52. The zero-order chi connectivity index (χ0) is 18.2. The number of rotatable bonds is 3. The Morgan fingerprint density at radius 2 is 1.88 bits per heavy atom. The second-order valence-corrected chi connectivity index (χ2v) is 7.66. The Labute approximate surface area is 144 Å². The summed E-state index contributed by atoms with van der Waals surface area (Å²) in [5.74, 6) is -2.31. The van der Waals surface area contributed by atoms with Gasteiger partial charge in [-0.05, 0) is 42.5 Å². The fourth-order valence-electron chi connectivity index (χ4n) is 2.60. The van der Waals surface area contributed by atoms with Crippen LogP contribution in [0.25, 0.3) is 0 Å². The van der Waals surface area contributed by atoms with Crippen molar-refractivity contribution >= 4 is 33.2 Å². The summed E-state index contributed by atoms with van der Waals surface area (Å²) in [5.41, 5.74) is 0.709. The Hall–Kier alpha value is -2.74. The molecule has 0 aromatic heterocycles. The fourth-order valence-corrected chi connectivity index (χ4v) is 4.41. The Kier molecular flexibility index (Phi) is 4.30. The van der Waals surface area contributed by atoms with E-state index in [0.29, 0.717) is 5.69 Å². The number of hydrogen-bond acceptors (Lipinski definition) is 4. The molecule has 0 saturated carbocycles. The van der Waals surface area contributed by atoms with Crippen LogP contribution in [0.5, 0.6) is 0 Å². The Balaban J connectivity index is 1.88. The molecule has 8 heteroatoms. The summed E-state index contributed by atoms with van der Waals surface area (Å²) in [6.45, 7) is 1.55. The van der Waals surface area contributed by atoms with Crippen LogP contribution in [-0.2, 0) is 14.8 Å². The van der Waals surface area contributed by atoms with Crippen molar-refractivity contribution in [1.82, 2.24) is 0 Å². The van der Waals surface area contributed by atoms with Crippen LogP contribution in [-0.4, -0.2) is 26.0 Å². The topological polar surface area (TPSA) is 83.6 Å². The molecule has 1 atom stereocenters. The van der Waals surface area contributed by atoms with E-state index in [0.717, 1.165) is 4.31 Å². The maximum Gasteiger partial charge on any atom is 0.255 e. The minimum Gasteiger partial charge on any atom is -0.322 e. The highest BCUT2D eigenvalue weighted by molar-refractivity contribution is 7.94. The normalized spacial score (nSPS) is 19.0. The molecule has 2 aromatic rings.